The molecule has 136 valence electrons. The van der Waals surface area contributed by atoms with Gasteiger partial charge in [0, 0.05) is 25.2 Å². The van der Waals surface area contributed by atoms with E-state index in [1.807, 2.05) is 0 Å². The second kappa shape index (κ2) is 7.97. The van der Waals surface area contributed by atoms with Crippen molar-refractivity contribution in [1.29, 1.82) is 0 Å². The minimum Gasteiger partial charge on any atom is -0.389 e. The van der Waals surface area contributed by atoms with Gasteiger partial charge >= 0.3 is 0 Å². The topological polar surface area (TPSA) is 111 Å². The van der Waals surface area contributed by atoms with Crippen molar-refractivity contribution in [2.24, 2.45) is 0 Å². The molecule has 3 rings (SSSR count). The maximum atomic E-state index is 12.4. The number of carbonyl (C=O) groups is 2. The zero-order valence-corrected chi connectivity index (χ0v) is 14.2. The van der Waals surface area contributed by atoms with Crippen molar-refractivity contribution in [1.82, 2.24) is 15.6 Å². The number of benzene rings is 1. The smallest absolute Gasteiger partial charge is 0.253 e. The van der Waals surface area contributed by atoms with Crippen LogP contribution in [0.3, 0.4) is 0 Å². The average molecular weight is 355 g/mol. The van der Waals surface area contributed by atoms with Gasteiger partial charge in [-0.05, 0) is 36.8 Å². The number of aromatic amines is 1. The number of aliphatic hydroxyl groups is 1. The first-order chi connectivity index (χ1) is 12.5. The summed E-state index contributed by atoms with van der Waals surface area (Å²) < 4.78 is 0. The molecule has 2 amide bonds. The van der Waals surface area contributed by atoms with E-state index in [-0.39, 0.29) is 24.6 Å². The van der Waals surface area contributed by atoms with Crippen molar-refractivity contribution in [3.63, 3.8) is 0 Å². The minimum atomic E-state index is -0.906. The normalized spacial score (nSPS) is 14.4. The summed E-state index contributed by atoms with van der Waals surface area (Å²) in [6.45, 7) is 0.0401. The molecule has 0 spiro atoms. The van der Waals surface area contributed by atoms with Crippen LogP contribution in [0.1, 0.15) is 29.6 Å². The fourth-order valence-electron chi connectivity index (χ4n) is 2.73. The third-order valence-electron chi connectivity index (χ3n) is 4.34. The molecule has 1 fully saturated rings. The highest BCUT2D eigenvalue weighted by Crippen LogP contribution is 2.24. The summed E-state index contributed by atoms with van der Waals surface area (Å²) >= 11 is 0. The van der Waals surface area contributed by atoms with E-state index < -0.39 is 12.0 Å². The Bertz CT molecular complexity index is 910. The van der Waals surface area contributed by atoms with Crippen LogP contribution in [0.15, 0.2) is 46.8 Å². The third-order valence-corrected chi connectivity index (χ3v) is 4.34. The first-order valence-corrected chi connectivity index (χ1v) is 8.58. The summed E-state index contributed by atoms with van der Waals surface area (Å²) in [4.78, 5) is 38.2. The van der Waals surface area contributed by atoms with E-state index in [4.69, 9.17) is 0 Å². The highest BCUT2D eigenvalue weighted by atomic mass is 16.3. The van der Waals surface area contributed by atoms with Crippen LogP contribution in [-0.2, 0) is 4.79 Å². The second-order valence-electron chi connectivity index (χ2n) is 6.36. The molecule has 1 aliphatic rings. The van der Waals surface area contributed by atoms with Crippen molar-refractivity contribution < 1.29 is 14.7 Å². The monoisotopic (exact) mass is 355 g/mol. The third kappa shape index (κ3) is 4.37. The van der Waals surface area contributed by atoms with E-state index in [1.165, 1.54) is 6.07 Å². The number of amides is 2. The van der Waals surface area contributed by atoms with Crippen molar-refractivity contribution in [3.05, 3.63) is 57.9 Å². The van der Waals surface area contributed by atoms with Crippen LogP contribution in [0, 0.1) is 0 Å². The van der Waals surface area contributed by atoms with E-state index in [9.17, 15) is 19.5 Å². The Hall–Kier alpha value is -2.93. The number of H-pyrrole nitrogens is 1. The molecule has 1 heterocycles. The molecule has 0 aliphatic heterocycles. The Balaban J connectivity index is 1.54. The zero-order chi connectivity index (χ0) is 18.5. The van der Waals surface area contributed by atoms with Crippen molar-refractivity contribution in [3.8, 4) is 0 Å². The summed E-state index contributed by atoms with van der Waals surface area (Å²) in [5.41, 5.74) is 1.61. The molecule has 0 bridgehead atoms. The fourth-order valence-corrected chi connectivity index (χ4v) is 2.73. The second-order valence-corrected chi connectivity index (χ2v) is 6.36. The van der Waals surface area contributed by atoms with Crippen molar-refractivity contribution >= 4 is 22.7 Å². The molecule has 1 aromatic carbocycles. The van der Waals surface area contributed by atoms with Crippen LogP contribution < -0.4 is 16.2 Å². The molecule has 1 unspecified atom stereocenters. The molecule has 1 saturated carbocycles. The number of pyridine rings is 1. The Labute approximate surface area is 150 Å². The molecule has 26 heavy (non-hydrogen) atoms. The van der Waals surface area contributed by atoms with Gasteiger partial charge in [0.05, 0.1) is 17.2 Å². The first kappa shape index (κ1) is 17.9. The highest BCUT2D eigenvalue weighted by molar-refractivity contribution is 6.05. The number of aliphatic hydroxyl groups excluding tert-OH is 1. The summed E-state index contributed by atoms with van der Waals surface area (Å²) in [6, 6.07) is 8.16. The zero-order valence-electron chi connectivity index (χ0n) is 14.2. The summed E-state index contributed by atoms with van der Waals surface area (Å²) in [7, 11) is 0. The van der Waals surface area contributed by atoms with Gasteiger partial charge in [0.15, 0.2) is 0 Å². The largest absolute Gasteiger partial charge is 0.389 e. The van der Waals surface area contributed by atoms with Crippen molar-refractivity contribution in [2.75, 3.05) is 13.1 Å². The van der Waals surface area contributed by atoms with E-state index in [2.05, 4.69) is 15.6 Å². The Kier molecular flexibility index (Phi) is 5.48. The number of carbonyl (C=O) groups excluding carboxylic acids is 2. The predicted molar refractivity (Wildman–Crippen MR) is 97.9 cm³/mol. The SMILES string of the molecule is O=C(C=C1CCC1)NCC(O)CNC(=O)c1cccc2ccc(=O)[nH]c12. The van der Waals surface area contributed by atoms with Gasteiger partial charge in [0.2, 0.25) is 11.5 Å². The maximum Gasteiger partial charge on any atom is 0.253 e. The fraction of sp³-hybridized carbons (Fsp3) is 0.316. The number of allylic oxidation sites excluding steroid dienone is 1. The number of hydrogen-bond acceptors (Lipinski definition) is 4. The number of nitrogens with one attached hydrogen (secondary N) is 3. The molecule has 7 heteroatoms. The Morgan fingerprint density at radius 3 is 2.65 bits per heavy atom. The van der Waals surface area contributed by atoms with Gasteiger partial charge in [0.25, 0.3) is 5.91 Å². The van der Waals surface area contributed by atoms with Crippen molar-refractivity contribution in [2.45, 2.75) is 25.4 Å². The van der Waals surface area contributed by atoms with Gasteiger partial charge in [-0.25, -0.2) is 0 Å². The lowest BCUT2D eigenvalue weighted by atomic mass is 9.92. The standard InChI is InChI=1S/C19H21N3O4/c23-14(10-20-17(25)9-12-3-1-4-12)11-21-19(26)15-6-2-5-13-7-8-16(24)22-18(13)15/h2,5-9,14,23H,1,3-4,10-11H2,(H,20,25)(H,21,26)(H,22,24). The number of hydrogen-bond donors (Lipinski definition) is 4. The molecular formula is C19H21N3O4. The van der Waals surface area contributed by atoms with Crippen LogP contribution in [0.5, 0.6) is 0 Å². The summed E-state index contributed by atoms with van der Waals surface area (Å²) in [5.74, 6) is -0.629. The van der Waals surface area contributed by atoms with Gasteiger partial charge in [-0.2, -0.15) is 0 Å². The molecule has 1 aliphatic carbocycles. The number of para-hydroxylation sites is 1. The van der Waals surface area contributed by atoms with Crippen LogP contribution >= 0.6 is 0 Å². The lowest BCUT2D eigenvalue weighted by Crippen LogP contribution is -2.39. The maximum absolute atomic E-state index is 12.4. The molecule has 0 saturated heterocycles. The van der Waals surface area contributed by atoms with E-state index in [0.29, 0.717) is 11.1 Å². The van der Waals surface area contributed by atoms with E-state index >= 15 is 0 Å². The molecule has 1 atom stereocenters. The van der Waals surface area contributed by atoms with Gasteiger partial charge in [0.1, 0.15) is 0 Å². The number of aromatic nitrogens is 1. The van der Waals surface area contributed by atoms with Gasteiger partial charge < -0.3 is 20.7 Å². The predicted octanol–water partition coefficient (Wildman–Crippen LogP) is 0.845. The highest BCUT2D eigenvalue weighted by Gasteiger charge is 2.14. The van der Waals surface area contributed by atoms with E-state index in [1.54, 1.807) is 30.3 Å². The van der Waals surface area contributed by atoms with Crippen LogP contribution in [0.25, 0.3) is 10.9 Å². The molecule has 7 nitrogen and oxygen atoms in total. The first-order valence-electron chi connectivity index (χ1n) is 8.58. The summed E-state index contributed by atoms with van der Waals surface area (Å²) in [5, 5.41) is 15.9. The van der Waals surface area contributed by atoms with Crippen LogP contribution in [0.2, 0.25) is 0 Å². The minimum absolute atomic E-state index is 0.0108. The number of rotatable bonds is 6. The van der Waals surface area contributed by atoms with Crippen LogP contribution in [0.4, 0.5) is 0 Å². The lowest BCUT2D eigenvalue weighted by molar-refractivity contribution is -0.117. The molecule has 0 radical (unpaired) electrons. The number of fused-ring (bicyclic) bond motifs is 1. The Morgan fingerprint density at radius 2 is 1.92 bits per heavy atom. The lowest BCUT2D eigenvalue weighted by Gasteiger charge is -2.16. The molecule has 2 aromatic rings. The van der Waals surface area contributed by atoms with Gasteiger partial charge in [-0.3, -0.25) is 14.4 Å². The van der Waals surface area contributed by atoms with E-state index in [0.717, 1.165) is 30.2 Å². The Morgan fingerprint density at radius 1 is 1.15 bits per heavy atom. The van der Waals surface area contributed by atoms with Gasteiger partial charge in [-0.15, -0.1) is 0 Å². The van der Waals surface area contributed by atoms with Crippen LogP contribution in [-0.4, -0.2) is 41.1 Å². The van der Waals surface area contributed by atoms with Gasteiger partial charge in [-0.1, -0.05) is 17.7 Å². The molecular weight excluding hydrogens is 334 g/mol. The quantitative estimate of drug-likeness (QED) is 0.576. The summed E-state index contributed by atoms with van der Waals surface area (Å²) in [6.07, 6.45) is 3.70. The molecule has 4 N–H and O–H groups in total. The molecule has 1 aromatic heterocycles. The average Bonchev–Trinajstić information content (AvgIpc) is 2.60.